The Balaban J connectivity index is 1.48. The number of hydrogen-bond donors (Lipinski definition) is 0. The number of nitrogens with zero attached hydrogens (tertiary/aromatic N) is 1. The molecule has 1 amide bonds. The highest BCUT2D eigenvalue weighted by Gasteiger charge is 2.36. The SMILES string of the molecule is CC1CC1c1ccc(CN(Cc2ccco2)C(=O)/C=C/c2ccccc2)o1. The molecule has 0 N–H and O–H groups in total. The van der Waals surface area contributed by atoms with E-state index in [0.29, 0.717) is 24.9 Å². The first-order chi connectivity index (χ1) is 13.2. The molecule has 0 saturated heterocycles. The van der Waals surface area contributed by atoms with Crippen LogP contribution in [-0.2, 0) is 17.9 Å². The molecule has 0 bridgehead atoms. The molecule has 1 saturated carbocycles. The minimum Gasteiger partial charge on any atom is -0.467 e. The summed E-state index contributed by atoms with van der Waals surface area (Å²) in [7, 11) is 0. The summed E-state index contributed by atoms with van der Waals surface area (Å²) in [5, 5.41) is 0. The number of furan rings is 2. The fourth-order valence-corrected chi connectivity index (χ4v) is 3.22. The molecule has 2 atom stereocenters. The van der Waals surface area contributed by atoms with Crippen LogP contribution in [0.3, 0.4) is 0 Å². The highest BCUT2D eigenvalue weighted by molar-refractivity contribution is 5.91. The lowest BCUT2D eigenvalue weighted by Gasteiger charge is -2.19. The standard InChI is InChI=1S/C23H23NO3/c1-17-14-21(17)22-11-10-20(27-22)16-24(15-19-8-5-13-26-19)23(25)12-9-18-6-3-2-4-7-18/h2-13,17,21H,14-16H2,1H3/b12-9+. The fourth-order valence-electron chi connectivity index (χ4n) is 3.22. The average molecular weight is 361 g/mol. The van der Waals surface area contributed by atoms with Crippen LogP contribution in [0.2, 0.25) is 0 Å². The third-order valence-electron chi connectivity index (χ3n) is 4.96. The van der Waals surface area contributed by atoms with Crippen LogP contribution in [0.5, 0.6) is 0 Å². The molecule has 138 valence electrons. The van der Waals surface area contributed by atoms with Gasteiger partial charge in [-0.1, -0.05) is 37.3 Å². The lowest BCUT2D eigenvalue weighted by Crippen LogP contribution is -2.28. The monoisotopic (exact) mass is 361 g/mol. The normalized spacial score (nSPS) is 18.7. The van der Waals surface area contributed by atoms with E-state index in [2.05, 4.69) is 6.92 Å². The molecule has 1 fully saturated rings. The first kappa shape index (κ1) is 17.4. The van der Waals surface area contributed by atoms with Gasteiger partial charge in [0.05, 0.1) is 19.4 Å². The Kier molecular flexibility index (Phi) is 4.97. The molecule has 0 aliphatic heterocycles. The molecule has 1 aliphatic carbocycles. The zero-order chi connectivity index (χ0) is 18.6. The van der Waals surface area contributed by atoms with Crippen LogP contribution in [0, 0.1) is 5.92 Å². The summed E-state index contributed by atoms with van der Waals surface area (Å²) in [4.78, 5) is 14.5. The predicted molar refractivity (Wildman–Crippen MR) is 104 cm³/mol. The van der Waals surface area contributed by atoms with Crippen molar-refractivity contribution in [2.75, 3.05) is 0 Å². The van der Waals surface area contributed by atoms with Crippen molar-refractivity contribution in [3.63, 3.8) is 0 Å². The van der Waals surface area contributed by atoms with E-state index in [-0.39, 0.29) is 5.91 Å². The van der Waals surface area contributed by atoms with Gasteiger partial charge < -0.3 is 13.7 Å². The molecule has 4 heteroatoms. The van der Waals surface area contributed by atoms with Gasteiger partial charge in [0.15, 0.2) is 0 Å². The Bertz CT molecular complexity index is 908. The summed E-state index contributed by atoms with van der Waals surface area (Å²) in [6.07, 6.45) is 6.24. The van der Waals surface area contributed by atoms with E-state index in [4.69, 9.17) is 8.83 Å². The Labute approximate surface area is 159 Å². The maximum atomic E-state index is 12.8. The largest absolute Gasteiger partial charge is 0.467 e. The van der Waals surface area contributed by atoms with Crippen LogP contribution in [0.25, 0.3) is 6.08 Å². The molecular weight excluding hydrogens is 338 g/mol. The van der Waals surface area contributed by atoms with Gasteiger partial charge in [-0.15, -0.1) is 0 Å². The van der Waals surface area contributed by atoms with Gasteiger partial charge in [0, 0.05) is 12.0 Å². The summed E-state index contributed by atoms with van der Waals surface area (Å²) in [6.45, 7) is 3.05. The Morgan fingerprint density at radius 3 is 2.56 bits per heavy atom. The lowest BCUT2D eigenvalue weighted by molar-refractivity contribution is -0.127. The molecule has 1 aliphatic rings. The van der Waals surface area contributed by atoms with Crippen molar-refractivity contribution >= 4 is 12.0 Å². The summed E-state index contributed by atoms with van der Waals surface area (Å²) >= 11 is 0. The van der Waals surface area contributed by atoms with Gasteiger partial charge in [-0.2, -0.15) is 0 Å². The third-order valence-corrected chi connectivity index (χ3v) is 4.96. The summed E-state index contributed by atoms with van der Waals surface area (Å²) < 4.78 is 11.4. The van der Waals surface area contributed by atoms with Crippen LogP contribution in [0.15, 0.2) is 75.8 Å². The minimum atomic E-state index is -0.0759. The van der Waals surface area contributed by atoms with E-state index < -0.39 is 0 Å². The predicted octanol–water partition coefficient (Wildman–Crippen LogP) is 5.24. The number of hydrogen-bond acceptors (Lipinski definition) is 3. The van der Waals surface area contributed by atoms with E-state index in [1.807, 2.05) is 60.7 Å². The molecule has 0 radical (unpaired) electrons. The van der Waals surface area contributed by atoms with E-state index >= 15 is 0 Å². The van der Waals surface area contributed by atoms with Crippen molar-refractivity contribution in [2.45, 2.75) is 32.4 Å². The second-order valence-corrected chi connectivity index (χ2v) is 7.14. The second kappa shape index (κ2) is 7.70. The molecular formula is C23H23NO3. The van der Waals surface area contributed by atoms with Gasteiger partial charge in [-0.05, 0) is 48.2 Å². The van der Waals surface area contributed by atoms with Crippen molar-refractivity contribution in [3.8, 4) is 0 Å². The smallest absolute Gasteiger partial charge is 0.247 e. The molecule has 2 heterocycles. The van der Waals surface area contributed by atoms with Crippen LogP contribution >= 0.6 is 0 Å². The quantitative estimate of drug-likeness (QED) is 0.541. The van der Waals surface area contributed by atoms with Crippen molar-refractivity contribution in [1.29, 1.82) is 0 Å². The number of carbonyl (C=O) groups excluding carboxylic acids is 1. The maximum absolute atomic E-state index is 12.8. The van der Waals surface area contributed by atoms with Gasteiger partial charge in [0.1, 0.15) is 17.3 Å². The van der Waals surface area contributed by atoms with Crippen LogP contribution < -0.4 is 0 Å². The molecule has 2 unspecified atom stereocenters. The maximum Gasteiger partial charge on any atom is 0.247 e. The van der Waals surface area contributed by atoms with Crippen molar-refractivity contribution in [3.05, 3.63) is 89.8 Å². The van der Waals surface area contributed by atoms with Gasteiger partial charge in [-0.25, -0.2) is 0 Å². The second-order valence-electron chi connectivity index (χ2n) is 7.14. The average Bonchev–Trinajstić information content (AvgIpc) is 3.07. The number of carbonyl (C=O) groups is 1. The molecule has 0 spiro atoms. The van der Waals surface area contributed by atoms with Crippen LogP contribution in [0.4, 0.5) is 0 Å². The number of rotatable bonds is 7. The summed E-state index contributed by atoms with van der Waals surface area (Å²) in [6, 6.07) is 17.5. The topological polar surface area (TPSA) is 46.6 Å². The number of benzene rings is 1. The van der Waals surface area contributed by atoms with Crippen molar-refractivity contribution < 1.29 is 13.6 Å². The van der Waals surface area contributed by atoms with Gasteiger partial charge in [-0.3, -0.25) is 4.79 Å². The molecule has 1 aromatic carbocycles. The fraction of sp³-hybridized carbons (Fsp3) is 0.261. The Hall–Kier alpha value is -3.01. The number of amides is 1. The van der Waals surface area contributed by atoms with Gasteiger partial charge in [0.2, 0.25) is 5.91 Å². The van der Waals surface area contributed by atoms with Crippen LogP contribution in [0.1, 0.15) is 42.1 Å². The van der Waals surface area contributed by atoms with E-state index in [1.165, 1.54) is 6.42 Å². The van der Waals surface area contributed by atoms with Gasteiger partial charge >= 0.3 is 0 Å². The van der Waals surface area contributed by atoms with E-state index in [9.17, 15) is 4.79 Å². The lowest BCUT2D eigenvalue weighted by atomic mass is 10.2. The first-order valence-electron chi connectivity index (χ1n) is 9.32. The molecule has 4 nitrogen and oxygen atoms in total. The zero-order valence-electron chi connectivity index (χ0n) is 15.4. The van der Waals surface area contributed by atoms with E-state index in [1.54, 1.807) is 17.2 Å². The third kappa shape index (κ3) is 4.40. The molecule has 27 heavy (non-hydrogen) atoms. The van der Waals surface area contributed by atoms with Crippen LogP contribution in [-0.4, -0.2) is 10.8 Å². The summed E-state index contributed by atoms with van der Waals surface area (Å²) in [5.41, 5.74) is 0.992. The van der Waals surface area contributed by atoms with Crippen molar-refractivity contribution in [1.82, 2.24) is 4.90 Å². The Morgan fingerprint density at radius 1 is 1.07 bits per heavy atom. The van der Waals surface area contributed by atoms with Gasteiger partial charge in [0.25, 0.3) is 0 Å². The van der Waals surface area contributed by atoms with Crippen molar-refractivity contribution in [2.24, 2.45) is 5.92 Å². The molecule has 4 rings (SSSR count). The molecule has 2 aromatic heterocycles. The summed E-state index contributed by atoms with van der Waals surface area (Å²) in [5.74, 6) is 3.73. The Morgan fingerprint density at radius 2 is 1.85 bits per heavy atom. The first-order valence-corrected chi connectivity index (χ1v) is 9.32. The molecule has 3 aromatic rings. The highest BCUT2D eigenvalue weighted by Crippen LogP contribution is 2.47. The minimum absolute atomic E-state index is 0.0759. The highest BCUT2D eigenvalue weighted by atomic mass is 16.3. The zero-order valence-corrected chi connectivity index (χ0v) is 15.4. The van der Waals surface area contributed by atoms with E-state index in [0.717, 1.165) is 22.8 Å².